The molecule has 0 N–H and O–H groups in total. The zero-order valence-corrected chi connectivity index (χ0v) is 42.9. The van der Waals surface area contributed by atoms with Crippen LogP contribution >= 0.6 is 11.8 Å². The molecule has 3 aliphatic rings. The van der Waals surface area contributed by atoms with Gasteiger partial charge >= 0.3 is 0 Å². The molecule has 0 radical (unpaired) electrons. The van der Waals surface area contributed by atoms with Gasteiger partial charge in [-0.15, -0.1) is 0 Å². The molecule has 10 aromatic carbocycles. The second-order valence-corrected chi connectivity index (χ2v) is 21.7. The molecule has 0 fully saturated rings. The van der Waals surface area contributed by atoms with Crippen molar-refractivity contribution in [2.75, 3.05) is 0 Å². The average molecular weight is 958 g/mol. The minimum absolute atomic E-state index is 0.0840. The Labute approximate surface area is 435 Å². The van der Waals surface area contributed by atoms with Crippen LogP contribution in [0.25, 0.3) is 33.0 Å². The Hall–Kier alpha value is -7.52. The molecule has 0 bridgehead atoms. The fraction of sp³-hybridized carbons (Fsp3) is 0.169. The van der Waals surface area contributed by atoms with Crippen molar-refractivity contribution < 1.29 is 0 Å². The van der Waals surface area contributed by atoms with Crippen molar-refractivity contribution in [2.24, 2.45) is 16.8 Å². The lowest BCUT2D eigenvalue weighted by atomic mass is 9.51. The Bertz CT molecular complexity index is 3660. The van der Waals surface area contributed by atoms with Crippen LogP contribution < -0.4 is 0 Å². The van der Waals surface area contributed by atoms with Gasteiger partial charge in [-0.05, 0) is 125 Å². The number of benzene rings is 10. The summed E-state index contributed by atoms with van der Waals surface area (Å²) in [5.41, 5.74) is 19.9. The summed E-state index contributed by atoms with van der Waals surface area (Å²) in [6, 6.07) is 89.6. The standard InChI is InChI=1S/C71H59NS/c1-5-46(3)68(72-69(49-27-11-8-12-28-49)51(6-2)47(4)52-43-44-53(48-25-9-7-10-26-48)55-30-14-13-29-54(52)55)50-41-42-57-56-31-15-16-32-58(56)70(65(57)45-50)59-33-17-19-35-61(59)71(62-36-20-18-34-60(62)70)63-37-21-23-39-66(63)73-67-40-24-22-38-64(67)71/h7-47,51,68H,5-6H2,1-4H3/t46?,47?,51-,68?/m0/s1. The number of rotatable bonds is 10. The summed E-state index contributed by atoms with van der Waals surface area (Å²) in [5.74, 6) is 0.639. The Morgan fingerprint density at radius 1 is 0.425 bits per heavy atom. The quantitative estimate of drug-likeness (QED) is 0.124. The first kappa shape index (κ1) is 45.4. The van der Waals surface area contributed by atoms with Crippen molar-refractivity contribution in [3.63, 3.8) is 0 Å². The number of aliphatic imine (C=N–C) groups is 1. The van der Waals surface area contributed by atoms with Crippen LogP contribution in [0.3, 0.4) is 0 Å². The van der Waals surface area contributed by atoms with Gasteiger partial charge in [0.1, 0.15) is 0 Å². The van der Waals surface area contributed by atoms with Crippen LogP contribution in [0.15, 0.2) is 251 Å². The van der Waals surface area contributed by atoms with Crippen molar-refractivity contribution in [1.82, 2.24) is 0 Å². The van der Waals surface area contributed by atoms with Crippen LogP contribution in [0.5, 0.6) is 0 Å². The van der Waals surface area contributed by atoms with Crippen LogP contribution in [0, 0.1) is 11.8 Å². The fourth-order valence-corrected chi connectivity index (χ4v) is 14.9. The summed E-state index contributed by atoms with van der Waals surface area (Å²) in [6.07, 6.45) is 1.96. The van der Waals surface area contributed by atoms with Gasteiger partial charge in [-0.25, -0.2) is 0 Å². The summed E-state index contributed by atoms with van der Waals surface area (Å²) >= 11 is 1.90. The van der Waals surface area contributed by atoms with Crippen molar-refractivity contribution in [1.29, 1.82) is 0 Å². The monoisotopic (exact) mass is 957 g/mol. The van der Waals surface area contributed by atoms with Crippen LogP contribution in [-0.2, 0) is 10.8 Å². The molecule has 10 aromatic rings. The van der Waals surface area contributed by atoms with Crippen LogP contribution in [-0.4, -0.2) is 5.71 Å². The predicted molar refractivity (Wildman–Crippen MR) is 306 cm³/mol. The topological polar surface area (TPSA) is 12.4 Å². The lowest BCUT2D eigenvalue weighted by Crippen LogP contribution is -2.45. The molecule has 13 rings (SSSR count). The third kappa shape index (κ3) is 6.79. The molecule has 4 atom stereocenters. The molecule has 0 saturated carbocycles. The van der Waals surface area contributed by atoms with E-state index < -0.39 is 10.8 Å². The third-order valence-electron chi connectivity index (χ3n) is 17.1. The van der Waals surface area contributed by atoms with E-state index >= 15 is 0 Å². The third-order valence-corrected chi connectivity index (χ3v) is 18.3. The van der Waals surface area contributed by atoms with E-state index in [1.54, 1.807) is 0 Å². The Morgan fingerprint density at radius 2 is 0.904 bits per heavy atom. The summed E-state index contributed by atoms with van der Waals surface area (Å²) in [7, 11) is 0. The number of hydrogen-bond acceptors (Lipinski definition) is 2. The summed E-state index contributed by atoms with van der Waals surface area (Å²) in [4.78, 5) is 8.81. The van der Waals surface area contributed by atoms with E-state index in [1.807, 2.05) is 11.8 Å². The summed E-state index contributed by atoms with van der Waals surface area (Å²) in [6.45, 7) is 9.56. The van der Waals surface area contributed by atoms with Gasteiger partial charge in [0.15, 0.2) is 0 Å². The van der Waals surface area contributed by atoms with E-state index in [9.17, 15) is 0 Å². The smallest absolute Gasteiger partial charge is 0.0778 e. The van der Waals surface area contributed by atoms with Gasteiger partial charge < -0.3 is 0 Å². The average Bonchev–Trinajstić information content (AvgIpc) is 3.75. The van der Waals surface area contributed by atoms with Crippen molar-refractivity contribution >= 4 is 28.2 Å². The Kier molecular flexibility index (Phi) is 11.3. The maximum atomic E-state index is 6.18. The molecular formula is C71H59NS. The van der Waals surface area contributed by atoms with E-state index in [2.05, 4.69) is 264 Å². The lowest BCUT2D eigenvalue weighted by molar-refractivity contribution is 0.452. The molecule has 73 heavy (non-hydrogen) atoms. The predicted octanol–water partition coefficient (Wildman–Crippen LogP) is 18.4. The largest absolute Gasteiger partial charge is 0.280 e. The molecule has 2 spiro atoms. The highest BCUT2D eigenvalue weighted by molar-refractivity contribution is 7.99. The van der Waals surface area contributed by atoms with Crippen molar-refractivity contribution in [3.05, 3.63) is 298 Å². The molecule has 354 valence electrons. The van der Waals surface area contributed by atoms with Crippen molar-refractivity contribution in [3.8, 4) is 22.3 Å². The Balaban J connectivity index is 1.02. The van der Waals surface area contributed by atoms with E-state index in [0.29, 0.717) is 0 Å². The number of fused-ring (bicyclic) bond motifs is 16. The van der Waals surface area contributed by atoms with E-state index in [4.69, 9.17) is 4.99 Å². The zero-order valence-electron chi connectivity index (χ0n) is 42.1. The molecule has 1 nitrogen and oxygen atoms in total. The van der Waals surface area contributed by atoms with Crippen LogP contribution in [0.1, 0.15) is 114 Å². The highest BCUT2D eigenvalue weighted by Crippen LogP contribution is 2.67. The second kappa shape index (κ2) is 18.2. The van der Waals surface area contributed by atoms with Gasteiger partial charge in [0.25, 0.3) is 0 Å². The minimum Gasteiger partial charge on any atom is -0.280 e. The normalized spacial score (nSPS) is 16.1. The van der Waals surface area contributed by atoms with Crippen LogP contribution in [0.4, 0.5) is 0 Å². The first-order valence-corrected chi connectivity index (χ1v) is 27.3. The molecule has 1 heterocycles. The molecule has 0 saturated heterocycles. The summed E-state index contributed by atoms with van der Waals surface area (Å²) < 4.78 is 0. The van der Waals surface area contributed by atoms with Crippen molar-refractivity contribution in [2.45, 2.75) is 73.1 Å². The number of nitrogens with zero attached hydrogens (tertiary/aromatic N) is 1. The molecule has 3 unspecified atom stereocenters. The van der Waals surface area contributed by atoms with Crippen LogP contribution in [0.2, 0.25) is 0 Å². The second-order valence-electron chi connectivity index (χ2n) is 20.7. The highest BCUT2D eigenvalue weighted by Gasteiger charge is 2.58. The van der Waals surface area contributed by atoms with Gasteiger partial charge in [-0.3, -0.25) is 4.99 Å². The Morgan fingerprint density at radius 3 is 1.51 bits per heavy atom. The van der Waals surface area contributed by atoms with Gasteiger partial charge in [0.05, 0.1) is 16.9 Å². The molecule has 2 aliphatic carbocycles. The SMILES string of the molecule is CCC(C)C(N=C(c1ccccc1)[C@@H](CC)C(C)c1ccc(-c2ccccc2)c2ccccc12)c1ccc2c(c1)C1(c3ccccc3-2)c2ccccc2C2(c3ccccc3Sc3ccccc32)c2ccccc21. The highest BCUT2D eigenvalue weighted by atomic mass is 32.2. The molecule has 2 heteroatoms. The first-order chi connectivity index (χ1) is 36.0. The molecule has 1 aliphatic heterocycles. The maximum Gasteiger partial charge on any atom is 0.0778 e. The van der Waals surface area contributed by atoms with Gasteiger partial charge in [0.2, 0.25) is 0 Å². The number of hydrogen-bond donors (Lipinski definition) is 0. The lowest BCUT2D eigenvalue weighted by Gasteiger charge is -2.51. The van der Waals surface area contributed by atoms with Gasteiger partial charge in [-0.1, -0.05) is 270 Å². The van der Waals surface area contributed by atoms with E-state index in [0.717, 1.165) is 12.8 Å². The molecule has 0 aromatic heterocycles. The van der Waals surface area contributed by atoms with E-state index in [-0.39, 0.29) is 23.8 Å². The molecule has 0 amide bonds. The van der Waals surface area contributed by atoms with E-state index in [1.165, 1.54) is 110 Å². The maximum absolute atomic E-state index is 6.18. The first-order valence-electron chi connectivity index (χ1n) is 26.5. The van der Waals surface area contributed by atoms with Gasteiger partial charge in [-0.2, -0.15) is 0 Å². The summed E-state index contributed by atoms with van der Waals surface area (Å²) in [5, 5.41) is 2.61. The minimum atomic E-state index is -0.575. The molecular weight excluding hydrogens is 899 g/mol. The fourth-order valence-electron chi connectivity index (χ4n) is 13.7. The van der Waals surface area contributed by atoms with Gasteiger partial charge in [0, 0.05) is 21.4 Å². The zero-order chi connectivity index (χ0) is 49.3.